The Hall–Kier alpha value is -0.570. The first kappa shape index (κ1) is 15.8. The highest BCUT2D eigenvalue weighted by molar-refractivity contribution is 5.79. The highest BCUT2D eigenvalue weighted by Crippen LogP contribution is 2.34. The van der Waals surface area contributed by atoms with Crippen molar-refractivity contribution in [3.05, 3.63) is 0 Å². The quantitative estimate of drug-likeness (QED) is 0.840. The van der Waals surface area contributed by atoms with E-state index in [9.17, 15) is 4.79 Å². The Balaban J connectivity index is 1.75. The lowest BCUT2D eigenvalue weighted by Gasteiger charge is -2.30. The molecule has 0 spiro atoms. The van der Waals surface area contributed by atoms with Gasteiger partial charge in [0, 0.05) is 25.0 Å². The number of carbonyl (C=O) groups excluding carboxylic acids is 1. The van der Waals surface area contributed by atoms with Crippen LogP contribution in [0.3, 0.4) is 0 Å². The zero-order valence-corrected chi connectivity index (χ0v) is 13.3. The van der Waals surface area contributed by atoms with Gasteiger partial charge in [-0.1, -0.05) is 26.2 Å². The zero-order valence-electron chi connectivity index (χ0n) is 13.3. The van der Waals surface area contributed by atoms with Gasteiger partial charge in [0.05, 0.1) is 0 Å². The van der Waals surface area contributed by atoms with Gasteiger partial charge in [-0.25, -0.2) is 0 Å². The second kappa shape index (κ2) is 7.44. The van der Waals surface area contributed by atoms with Gasteiger partial charge in [0.1, 0.15) is 0 Å². The maximum atomic E-state index is 12.6. The number of nitrogens with two attached hydrogens (primary N) is 1. The second-order valence-corrected chi connectivity index (χ2v) is 7.05. The molecular formula is C17H32N2O. The summed E-state index contributed by atoms with van der Waals surface area (Å²) in [6.45, 7) is 6.15. The summed E-state index contributed by atoms with van der Waals surface area (Å²) in [7, 11) is 0. The molecule has 0 aromatic carbocycles. The molecule has 1 saturated heterocycles. The lowest BCUT2D eigenvalue weighted by Crippen LogP contribution is -2.37. The van der Waals surface area contributed by atoms with E-state index in [1.54, 1.807) is 0 Å². The topological polar surface area (TPSA) is 46.3 Å². The molecule has 1 aliphatic carbocycles. The molecule has 3 heteroatoms. The standard InChI is InChI=1S/C17H32N2O/c1-3-4-5-14-6-8-15(9-7-14)17(20)19-11-10-16(12-19)13(2)18/h13-16H,3-12,18H2,1-2H3. The van der Waals surface area contributed by atoms with Crippen molar-refractivity contribution >= 4 is 5.91 Å². The summed E-state index contributed by atoms with van der Waals surface area (Å²) in [6.07, 6.45) is 9.88. The Bertz CT molecular complexity index is 308. The van der Waals surface area contributed by atoms with E-state index in [1.165, 1.54) is 32.1 Å². The summed E-state index contributed by atoms with van der Waals surface area (Å²) < 4.78 is 0. The number of amides is 1. The van der Waals surface area contributed by atoms with Gasteiger partial charge in [-0.15, -0.1) is 0 Å². The van der Waals surface area contributed by atoms with E-state index in [-0.39, 0.29) is 6.04 Å². The van der Waals surface area contributed by atoms with E-state index in [0.717, 1.165) is 38.3 Å². The molecule has 0 radical (unpaired) electrons. The highest BCUT2D eigenvalue weighted by Gasteiger charge is 2.33. The Kier molecular flexibility index (Phi) is 5.88. The number of likely N-dealkylation sites (tertiary alicyclic amines) is 1. The van der Waals surface area contributed by atoms with Crippen LogP contribution in [0, 0.1) is 17.8 Å². The molecule has 2 rings (SSSR count). The molecule has 1 saturated carbocycles. The molecule has 2 N–H and O–H groups in total. The summed E-state index contributed by atoms with van der Waals surface area (Å²) in [4.78, 5) is 14.7. The fourth-order valence-corrected chi connectivity index (χ4v) is 3.87. The van der Waals surface area contributed by atoms with Crippen LogP contribution in [-0.4, -0.2) is 29.9 Å². The molecule has 0 bridgehead atoms. The van der Waals surface area contributed by atoms with Gasteiger partial charge in [-0.2, -0.15) is 0 Å². The molecule has 0 aromatic heterocycles. The Morgan fingerprint density at radius 3 is 2.50 bits per heavy atom. The van der Waals surface area contributed by atoms with Gasteiger partial charge < -0.3 is 10.6 Å². The first-order valence-electron chi connectivity index (χ1n) is 8.66. The fourth-order valence-electron chi connectivity index (χ4n) is 3.87. The van der Waals surface area contributed by atoms with Gasteiger partial charge in [-0.05, 0) is 50.9 Å². The largest absolute Gasteiger partial charge is 0.342 e. The predicted octanol–water partition coefficient (Wildman–Crippen LogP) is 3.18. The van der Waals surface area contributed by atoms with Crippen LogP contribution < -0.4 is 5.73 Å². The van der Waals surface area contributed by atoms with Crippen LogP contribution in [0.15, 0.2) is 0 Å². The Morgan fingerprint density at radius 2 is 1.95 bits per heavy atom. The molecule has 116 valence electrons. The SMILES string of the molecule is CCCCC1CCC(C(=O)N2CCC(C(C)N)C2)CC1. The summed E-state index contributed by atoms with van der Waals surface area (Å²) in [5, 5.41) is 0. The van der Waals surface area contributed by atoms with Crippen LogP contribution in [0.5, 0.6) is 0 Å². The van der Waals surface area contributed by atoms with Crippen molar-refractivity contribution in [1.82, 2.24) is 4.90 Å². The third kappa shape index (κ3) is 3.97. The average Bonchev–Trinajstić information content (AvgIpc) is 2.95. The summed E-state index contributed by atoms with van der Waals surface area (Å²) >= 11 is 0. The third-order valence-electron chi connectivity index (χ3n) is 5.44. The van der Waals surface area contributed by atoms with Crippen LogP contribution in [-0.2, 0) is 4.79 Å². The number of hydrogen-bond donors (Lipinski definition) is 1. The van der Waals surface area contributed by atoms with E-state index in [0.29, 0.717) is 17.7 Å². The smallest absolute Gasteiger partial charge is 0.225 e. The van der Waals surface area contributed by atoms with Crippen molar-refractivity contribution < 1.29 is 4.79 Å². The minimum Gasteiger partial charge on any atom is -0.342 e. The summed E-state index contributed by atoms with van der Waals surface area (Å²) in [6, 6.07) is 0.220. The molecule has 3 nitrogen and oxygen atoms in total. The highest BCUT2D eigenvalue weighted by atomic mass is 16.2. The summed E-state index contributed by atoms with van der Waals surface area (Å²) in [5.41, 5.74) is 5.97. The molecule has 2 aliphatic rings. The molecule has 2 fully saturated rings. The average molecular weight is 280 g/mol. The molecule has 20 heavy (non-hydrogen) atoms. The first-order chi connectivity index (χ1) is 9.61. The van der Waals surface area contributed by atoms with Crippen LogP contribution in [0.2, 0.25) is 0 Å². The van der Waals surface area contributed by atoms with Crippen molar-refractivity contribution in [3.8, 4) is 0 Å². The predicted molar refractivity (Wildman–Crippen MR) is 83.3 cm³/mol. The normalized spacial score (nSPS) is 32.4. The Labute approximate surface area is 124 Å². The maximum absolute atomic E-state index is 12.6. The van der Waals surface area contributed by atoms with Crippen LogP contribution >= 0.6 is 0 Å². The second-order valence-electron chi connectivity index (χ2n) is 7.05. The molecule has 1 aliphatic heterocycles. The van der Waals surface area contributed by atoms with E-state index in [4.69, 9.17) is 5.73 Å². The fraction of sp³-hybridized carbons (Fsp3) is 0.941. The maximum Gasteiger partial charge on any atom is 0.225 e. The minimum atomic E-state index is 0.220. The van der Waals surface area contributed by atoms with Crippen molar-refractivity contribution in [2.75, 3.05) is 13.1 Å². The van der Waals surface area contributed by atoms with Gasteiger partial charge >= 0.3 is 0 Å². The van der Waals surface area contributed by atoms with E-state index in [1.807, 2.05) is 0 Å². The van der Waals surface area contributed by atoms with Crippen LogP contribution in [0.4, 0.5) is 0 Å². The molecule has 1 heterocycles. The molecule has 0 aromatic rings. The Morgan fingerprint density at radius 1 is 1.25 bits per heavy atom. The van der Waals surface area contributed by atoms with Gasteiger partial charge in [0.25, 0.3) is 0 Å². The number of carbonyl (C=O) groups is 1. The first-order valence-corrected chi connectivity index (χ1v) is 8.66. The van der Waals surface area contributed by atoms with Crippen LogP contribution in [0.1, 0.15) is 65.2 Å². The number of nitrogens with zero attached hydrogens (tertiary/aromatic N) is 1. The molecule has 2 unspecified atom stereocenters. The van der Waals surface area contributed by atoms with Gasteiger partial charge in [0.2, 0.25) is 5.91 Å². The van der Waals surface area contributed by atoms with Crippen molar-refractivity contribution in [3.63, 3.8) is 0 Å². The zero-order chi connectivity index (χ0) is 14.5. The van der Waals surface area contributed by atoms with Crippen molar-refractivity contribution in [2.24, 2.45) is 23.5 Å². The number of rotatable bonds is 5. The van der Waals surface area contributed by atoms with E-state index < -0.39 is 0 Å². The summed E-state index contributed by atoms with van der Waals surface area (Å²) in [5.74, 6) is 2.12. The minimum absolute atomic E-state index is 0.220. The molecule has 1 amide bonds. The molecule has 2 atom stereocenters. The number of hydrogen-bond acceptors (Lipinski definition) is 2. The monoisotopic (exact) mass is 280 g/mol. The van der Waals surface area contributed by atoms with Gasteiger partial charge in [0.15, 0.2) is 0 Å². The van der Waals surface area contributed by atoms with Crippen molar-refractivity contribution in [2.45, 2.75) is 71.3 Å². The van der Waals surface area contributed by atoms with Gasteiger partial charge in [-0.3, -0.25) is 4.79 Å². The van der Waals surface area contributed by atoms with E-state index in [2.05, 4.69) is 18.7 Å². The van der Waals surface area contributed by atoms with Crippen molar-refractivity contribution in [1.29, 1.82) is 0 Å². The number of unbranched alkanes of at least 4 members (excludes halogenated alkanes) is 1. The van der Waals surface area contributed by atoms with Crippen LogP contribution in [0.25, 0.3) is 0 Å². The van der Waals surface area contributed by atoms with E-state index >= 15 is 0 Å². The lowest BCUT2D eigenvalue weighted by atomic mass is 9.79. The third-order valence-corrected chi connectivity index (χ3v) is 5.44. The lowest BCUT2D eigenvalue weighted by molar-refractivity contribution is -0.135. The molecular weight excluding hydrogens is 248 g/mol.